The van der Waals surface area contributed by atoms with Gasteiger partial charge in [0.15, 0.2) is 0 Å². The molecular formula is C15H11Br2N3. The van der Waals surface area contributed by atoms with E-state index in [0.29, 0.717) is 0 Å². The first-order valence-corrected chi connectivity index (χ1v) is 7.65. The third-order valence-electron chi connectivity index (χ3n) is 2.99. The molecule has 2 aromatic heterocycles. The second-order valence-electron chi connectivity index (χ2n) is 4.47. The van der Waals surface area contributed by atoms with Gasteiger partial charge in [0.25, 0.3) is 0 Å². The van der Waals surface area contributed by atoms with Gasteiger partial charge in [-0.2, -0.15) is 0 Å². The number of nitrogens with zero attached hydrogens (tertiary/aromatic N) is 2. The third-order valence-corrected chi connectivity index (χ3v) is 4.25. The van der Waals surface area contributed by atoms with E-state index in [1.807, 2.05) is 37.3 Å². The van der Waals surface area contributed by atoms with Gasteiger partial charge in [0.2, 0.25) is 0 Å². The molecule has 100 valence electrons. The lowest BCUT2D eigenvalue weighted by Crippen LogP contribution is -1.96. The SMILES string of the molecule is Cc1cc(Nc2cccc3cc(Br)cnc23)ncc1Br. The lowest BCUT2D eigenvalue weighted by Gasteiger charge is -2.09. The van der Waals surface area contributed by atoms with Crippen molar-refractivity contribution in [2.45, 2.75) is 6.92 Å². The van der Waals surface area contributed by atoms with Crippen LogP contribution < -0.4 is 5.32 Å². The lowest BCUT2D eigenvalue weighted by molar-refractivity contribution is 1.25. The zero-order valence-electron chi connectivity index (χ0n) is 10.7. The molecule has 3 aromatic rings. The molecule has 0 fully saturated rings. The summed E-state index contributed by atoms with van der Waals surface area (Å²) in [4.78, 5) is 8.83. The second kappa shape index (κ2) is 5.50. The van der Waals surface area contributed by atoms with Crippen molar-refractivity contribution in [3.8, 4) is 0 Å². The summed E-state index contributed by atoms with van der Waals surface area (Å²) in [7, 11) is 0. The molecule has 0 bridgehead atoms. The largest absolute Gasteiger partial charge is 0.338 e. The summed E-state index contributed by atoms with van der Waals surface area (Å²) >= 11 is 6.90. The minimum Gasteiger partial charge on any atom is -0.338 e. The number of hydrogen-bond acceptors (Lipinski definition) is 3. The molecular weight excluding hydrogens is 382 g/mol. The molecule has 3 nitrogen and oxygen atoms in total. The van der Waals surface area contributed by atoms with Crippen LogP contribution in [0.3, 0.4) is 0 Å². The highest BCUT2D eigenvalue weighted by atomic mass is 79.9. The molecule has 0 aliphatic carbocycles. The number of halogens is 2. The first-order chi connectivity index (χ1) is 9.63. The predicted molar refractivity (Wildman–Crippen MR) is 89.4 cm³/mol. The van der Waals surface area contributed by atoms with Crippen LogP contribution in [0.25, 0.3) is 10.9 Å². The van der Waals surface area contributed by atoms with Gasteiger partial charge in [-0.15, -0.1) is 0 Å². The molecule has 1 aromatic carbocycles. The predicted octanol–water partition coefficient (Wildman–Crippen LogP) is 5.21. The Balaban J connectivity index is 2.04. The molecule has 0 radical (unpaired) electrons. The first-order valence-electron chi connectivity index (χ1n) is 6.07. The zero-order valence-corrected chi connectivity index (χ0v) is 13.9. The van der Waals surface area contributed by atoms with Gasteiger partial charge in [-0.25, -0.2) is 4.98 Å². The summed E-state index contributed by atoms with van der Waals surface area (Å²) in [5, 5.41) is 4.41. The van der Waals surface area contributed by atoms with Gasteiger partial charge in [-0.05, 0) is 62.5 Å². The summed E-state index contributed by atoms with van der Waals surface area (Å²) < 4.78 is 1.97. The van der Waals surface area contributed by atoms with E-state index in [4.69, 9.17) is 0 Å². The number of anilines is 2. The number of nitrogens with one attached hydrogen (secondary N) is 1. The number of fused-ring (bicyclic) bond motifs is 1. The average Bonchev–Trinajstić information content (AvgIpc) is 2.43. The van der Waals surface area contributed by atoms with E-state index < -0.39 is 0 Å². The Morgan fingerprint density at radius 1 is 1.05 bits per heavy atom. The van der Waals surface area contributed by atoms with Crippen molar-refractivity contribution < 1.29 is 0 Å². The molecule has 0 amide bonds. The van der Waals surface area contributed by atoms with E-state index in [1.165, 1.54) is 0 Å². The zero-order chi connectivity index (χ0) is 14.1. The molecule has 20 heavy (non-hydrogen) atoms. The van der Waals surface area contributed by atoms with Crippen LogP contribution in [0.15, 0.2) is 51.7 Å². The van der Waals surface area contributed by atoms with E-state index in [2.05, 4.69) is 47.1 Å². The van der Waals surface area contributed by atoms with E-state index in [-0.39, 0.29) is 0 Å². The van der Waals surface area contributed by atoms with Gasteiger partial charge >= 0.3 is 0 Å². The molecule has 0 unspecified atom stereocenters. The van der Waals surface area contributed by atoms with E-state index in [9.17, 15) is 0 Å². The second-order valence-corrected chi connectivity index (χ2v) is 6.24. The number of benzene rings is 1. The molecule has 0 atom stereocenters. The van der Waals surface area contributed by atoms with Crippen molar-refractivity contribution in [3.05, 3.63) is 57.2 Å². The van der Waals surface area contributed by atoms with E-state index >= 15 is 0 Å². The highest BCUT2D eigenvalue weighted by Gasteiger charge is 2.05. The van der Waals surface area contributed by atoms with Crippen molar-refractivity contribution in [2.24, 2.45) is 0 Å². The molecule has 5 heteroatoms. The van der Waals surface area contributed by atoms with Gasteiger partial charge in [0.1, 0.15) is 5.82 Å². The van der Waals surface area contributed by atoms with Crippen LogP contribution in [0, 0.1) is 6.92 Å². The van der Waals surface area contributed by atoms with E-state index in [0.717, 1.165) is 36.9 Å². The Morgan fingerprint density at radius 2 is 1.90 bits per heavy atom. The highest BCUT2D eigenvalue weighted by Crippen LogP contribution is 2.27. The van der Waals surface area contributed by atoms with Crippen LogP contribution in [0.2, 0.25) is 0 Å². The van der Waals surface area contributed by atoms with Crippen molar-refractivity contribution in [2.75, 3.05) is 5.32 Å². The van der Waals surface area contributed by atoms with Gasteiger partial charge < -0.3 is 5.32 Å². The maximum Gasteiger partial charge on any atom is 0.130 e. The van der Waals surface area contributed by atoms with Crippen molar-refractivity contribution in [3.63, 3.8) is 0 Å². The first kappa shape index (κ1) is 13.5. The fraction of sp³-hybridized carbons (Fsp3) is 0.0667. The van der Waals surface area contributed by atoms with Gasteiger partial charge in [-0.3, -0.25) is 4.98 Å². The maximum atomic E-state index is 4.47. The summed E-state index contributed by atoms with van der Waals surface area (Å²) in [6.07, 6.45) is 3.60. The Kier molecular flexibility index (Phi) is 3.72. The maximum absolute atomic E-state index is 4.47. The number of aryl methyl sites for hydroxylation is 1. The number of pyridine rings is 2. The van der Waals surface area contributed by atoms with Gasteiger partial charge in [-0.1, -0.05) is 12.1 Å². The van der Waals surface area contributed by atoms with Crippen LogP contribution in [0.5, 0.6) is 0 Å². The molecule has 2 heterocycles. The Hall–Kier alpha value is -1.46. The Labute approximate surface area is 133 Å². The minimum atomic E-state index is 0.808. The molecule has 0 spiro atoms. The standard InChI is InChI=1S/C15H11Br2N3/c1-9-5-14(18-8-12(9)17)20-13-4-2-3-10-6-11(16)7-19-15(10)13/h2-8H,1H3,(H,18,20). The van der Waals surface area contributed by atoms with E-state index in [1.54, 1.807) is 12.4 Å². The third kappa shape index (κ3) is 2.69. The van der Waals surface area contributed by atoms with Crippen LogP contribution in [-0.2, 0) is 0 Å². The van der Waals surface area contributed by atoms with Crippen molar-refractivity contribution in [1.82, 2.24) is 9.97 Å². The molecule has 0 saturated carbocycles. The molecule has 0 aliphatic heterocycles. The van der Waals surface area contributed by atoms with Gasteiger partial charge in [0, 0.05) is 26.7 Å². The summed E-state index contributed by atoms with van der Waals surface area (Å²) in [6, 6.07) is 10.1. The quantitative estimate of drug-likeness (QED) is 0.650. The number of hydrogen-bond donors (Lipinski definition) is 1. The van der Waals surface area contributed by atoms with Crippen LogP contribution >= 0.6 is 31.9 Å². The smallest absolute Gasteiger partial charge is 0.130 e. The van der Waals surface area contributed by atoms with Crippen LogP contribution in [0.4, 0.5) is 11.5 Å². The Bertz CT molecular complexity index is 787. The molecule has 1 N–H and O–H groups in total. The number of para-hydroxylation sites is 1. The number of rotatable bonds is 2. The average molecular weight is 393 g/mol. The fourth-order valence-electron chi connectivity index (χ4n) is 1.98. The van der Waals surface area contributed by atoms with Crippen LogP contribution in [0.1, 0.15) is 5.56 Å². The van der Waals surface area contributed by atoms with Crippen molar-refractivity contribution >= 4 is 54.3 Å². The fourth-order valence-corrected chi connectivity index (χ4v) is 2.55. The molecule has 0 aliphatic rings. The van der Waals surface area contributed by atoms with Gasteiger partial charge in [0.05, 0.1) is 11.2 Å². The summed E-state index contributed by atoms with van der Waals surface area (Å²) in [5.41, 5.74) is 3.01. The normalized spacial score (nSPS) is 10.8. The minimum absolute atomic E-state index is 0.808. The Morgan fingerprint density at radius 3 is 2.70 bits per heavy atom. The molecule has 3 rings (SSSR count). The summed E-state index contributed by atoms with van der Waals surface area (Å²) in [6.45, 7) is 2.04. The monoisotopic (exact) mass is 391 g/mol. The van der Waals surface area contributed by atoms with Crippen molar-refractivity contribution in [1.29, 1.82) is 0 Å². The lowest BCUT2D eigenvalue weighted by atomic mass is 10.2. The number of aromatic nitrogens is 2. The summed E-state index contributed by atoms with van der Waals surface area (Å²) in [5.74, 6) is 0.808. The highest BCUT2D eigenvalue weighted by molar-refractivity contribution is 9.10. The van der Waals surface area contributed by atoms with Crippen LogP contribution in [-0.4, -0.2) is 9.97 Å². The molecule has 0 saturated heterocycles. The topological polar surface area (TPSA) is 37.8 Å².